The average molecular weight is 291 g/mol. The van der Waals surface area contributed by atoms with E-state index in [-0.39, 0.29) is 12.0 Å². The molecular weight excluding hydrogens is 282 g/mol. The van der Waals surface area contributed by atoms with Crippen LogP contribution in [0.25, 0.3) is 0 Å². The number of hydrogen-bond donors (Lipinski definition) is 0. The smallest absolute Gasteiger partial charge is 0.166 e. The number of halogens is 7. The molecule has 0 spiro atoms. The minimum atomic E-state index is -5.08. The predicted molar refractivity (Wildman–Crippen MR) is 55.4 cm³/mol. The van der Waals surface area contributed by atoms with Crippen LogP contribution < -0.4 is 0 Å². The summed E-state index contributed by atoms with van der Waals surface area (Å²) in [5, 5.41) is 0. The van der Waals surface area contributed by atoms with Crippen molar-refractivity contribution in [3.63, 3.8) is 0 Å². The molecule has 18 heavy (non-hydrogen) atoms. The first-order valence-corrected chi connectivity index (χ1v) is 5.50. The van der Waals surface area contributed by atoms with Crippen LogP contribution in [-0.4, -0.2) is 0 Å². The molecule has 7 heteroatoms. The van der Waals surface area contributed by atoms with Gasteiger partial charge in [0.1, 0.15) is 0 Å². The molecule has 0 radical (unpaired) electrons. The summed E-state index contributed by atoms with van der Waals surface area (Å²) in [6, 6.07) is 1.59. The summed E-state index contributed by atoms with van der Waals surface area (Å²) >= 11 is 5.32. The molecule has 0 amide bonds. The van der Waals surface area contributed by atoms with Crippen molar-refractivity contribution in [1.29, 1.82) is 0 Å². The van der Waals surface area contributed by atoms with Crippen molar-refractivity contribution in [2.45, 2.75) is 31.6 Å². The van der Waals surface area contributed by atoms with E-state index in [0.29, 0.717) is 6.07 Å². The summed E-state index contributed by atoms with van der Waals surface area (Å²) in [7, 11) is 0. The first-order chi connectivity index (χ1) is 8.11. The SMILES string of the molecule is CCc1cc(CCl)c(C(F)(F)F)c(C(F)(F)F)c1. The van der Waals surface area contributed by atoms with Gasteiger partial charge in [0.15, 0.2) is 0 Å². The van der Waals surface area contributed by atoms with E-state index in [2.05, 4.69) is 0 Å². The van der Waals surface area contributed by atoms with E-state index < -0.39 is 34.9 Å². The number of rotatable bonds is 2. The monoisotopic (exact) mass is 290 g/mol. The summed E-state index contributed by atoms with van der Waals surface area (Å²) in [5.74, 6) is -0.619. The van der Waals surface area contributed by atoms with E-state index in [9.17, 15) is 26.3 Å². The maximum atomic E-state index is 12.7. The van der Waals surface area contributed by atoms with Gasteiger partial charge in [0.2, 0.25) is 0 Å². The van der Waals surface area contributed by atoms with Gasteiger partial charge in [0.25, 0.3) is 0 Å². The Kier molecular flexibility index (Phi) is 4.20. The zero-order valence-electron chi connectivity index (χ0n) is 9.21. The van der Waals surface area contributed by atoms with Crippen LogP contribution >= 0.6 is 11.6 Å². The second kappa shape index (κ2) is 4.99. The van der Waals surface area contributed by atoms with Gasteiger partial charge in [-0.25, -0.2) is 0 Å². The molecule has 0 atom stereocenters. The molecule has 102 valence electrons. The summed E-state index contributed by atoms with van der Waals surface area (Å²) in [4.78, 5) is 0. The van der Waals surface area contributed by atoms with Crippen molar-refractivity contribution in [3.05, 3.63) is 34.4 Å². The lowest BCUT2D eigenvalue weighted by molar-refractivity contribution is -0.162. The molecule has 0 bridgehead atoms. The van der Waals surface area contributed by atoms with Crippen molar-refractivity contribution in [3.8, 4) is 0 Å². The molecule has 1 aromatic rings. The highest BCUT2D eigenvalue weighted by molar-refractivity contribution is 6.17. The van der Waals surface area contributed by atoms with Crippen LogP contribution in [0.1, 0.15) is 29.2 Å². The molecule has 0 aliphatic heterocycles. The van der Waals surface area contributed by atoms with Crippen LogP contribution in [0.4, 0.5) is 26.3 Å². The second-order valence-electron chi connectivity index (χ2n) is 3.66. The van der Waals surface area contributed by atoms with E-state index >= 15 is 0 Å². The molecule has 0 aromatic heterocycles. The van der Waals surface area contributed by atoms with Crippen LogP contribution in [0.15, 0.2) is 12.1 Å². The van der Waals surface area contributed by atoms with Crippen LogP contribution in [0.2, 0.25) is 0 Å². The minimum Gasteiger partial charge on any atom is -0.166 e. The standard InChI is InChI=1S/C11H9ClF6/c1-2-6-3-7(5-12)9(11(16,17)18)8(4-6)10(13,14)15/h3-4H,2,5H2,1H3. The van der Waals surface area contributed by atoms with Crippen LogP contribution in [-0.2, 0) is 24.7 Å². The van der Waals surface area contributed by atoms with E-state index in [1.54, 1.807) is 6.92 Å². The molecular formula is C11H9ClF6. The molecule has 0 saturated heterocycles. The third-order valence-electron chi connectivity index (χ3n) is 2.42. The van der Waals surface area contributed by atoms with Gasteiger partial charge in [0.05, 0.1) is 11.1 Å². The molecule has 1 aromatic carbocycles. The van der Waals surface area contributed by atoms with Crippen molar-refractivity contribution < 1.29 is 26.3 Å². The topological polar surface area (TPSA) is 0 Å². The predicted octanol–water partition coefficient (Wildman–Crippen LogP) is 5.03. The zero-order chi connectivity index (χ0) is 14.1. The number of aryl methyl sites for hydroxylation is 1. The number of benzene rings is 1. The van der Waals surface area contributed by atoms with Gasteiger partial charge in [-0.05, 0) is 23.6 Å². The first-order valence-electron chi connectivity index (χ1n) is 4.97. The van der Waals surface area contributed by atoms with Crippen LogP contribution in [0.5, 0.6) is 0 Å². The molecule has 0 unspecified atom stereocenters. The van der Waals surface area contributed by atoms with Crippen LogP contribution in [0, 0.1) is 0 Å². The Labute approximate surface area is 105 Å². The lowest BCUT2D eigenvalue weighted by Gasteiger charge is -2.19. The van der Waals surface area contributed by atoms with E-state index in [1.807, 2.05) is 0 Å². The van der Waals surface area contributed by atoms with Gasteiger partial charge in [-0.1, -0.05) is 13.0 Å². The molecule has 0 saturated carbocycles. The molecule has 0 aliphatic carbocycles. The number of hydrogen-bond acceptors (Lipinski definition) is 0. The van der Waals surface area contributed by atoms with Gasteiger partial charge in [-0.2, -0.15) is 26.3 Å². The second-order valence-corrected chi connectivity index (χ2v) is 3.93. The third-order valence-corrected chi connectivity index (χ3v) is 2.71. The fourth-order valence-corrected chi connectivity index (χ4v) is 1.85. The zero-order valence-corrected chi connectivity index (χ0v) is 9.97. The van der Waals surface area contributed by atoms with Crippen molar-refractivity contribution in [1.82, 2.24) is 0 Å². The van der Waals surface area contributed by atoms with Crippen molar-refractivity contribution in [2.24, 2.45) is 0 Å². The van der Waals surface area contributed by atoms with Gasteiger partial charge in [0, 0.05) is 5.88 Å². The van der Waals surface area contributed by atoms with Crippen molar-refractivity contribution >= 4 is 11.6 Å². The van der Waals surface area contributed by atoms with Crippen molar-refractivity contribution in [2.75, 3.05) is 0 Å². The highest BCUT2D eigenvalue weighted by Crippen LogP contribution is 2.43. The highest BCUT2D eigenvalue weighted by atomic mass is 35.5. The maximum Gasteiger partial charge on any atom is 0.417 e. The molecule has 0 aliphatic rings. The Morgan fingerprint density at radius 2 is 1.56 bits per heavy atom. The quantitative estimate of drug-likeness (QED) is 0.529. The van der Waals surface area contributed by atoms with Gasteiger partial charge in [-0.15, -0.1) is 11.6 Å². The fourth-order valence-electron chi connectivity index (χ4n) is 1.64. The largest absolute Gasteiger partial charge is 0.417 e. The summed E-state index contributed by atoms with van der Waals surface area (Å²) in [5.41, 5.74) is -3.74. The molecule has 0 fully saturated rings. The number of alkyl halides is 7. The lowest BCUT2D eigenvalue weighted by Crippen LogP contribution is -2.19. The first kappa shape index (κ1) is 15.1. The Morgan fingerprint density at radius 1 is 1.00 bits per heavy atom. The third kappa shape index (κ3) is 3.10. The van der Waals surface area contributed by atoms with E-state index in [0.717, 1.165) is 6.07 Å². The summed E-state index contributed by atoms with van der Waals surface area (Å²) in [6.45, 7) is 1.56. The Balaban J connectivity index is 3.64. The highest BCUT2D eigenvalue weighted by Gasteiger charge is 2.44. The molecule has 0 N–H and O–H groups in total. The molecule has 1 rings (SSSR count). The Hall–Kier alpha value is -0.910. The summed E-state index contributed by atoms with van der Waals surface area (Å²) in [6.07, 6.45) is -9.94. The Morgan fingerprint density at radius 3 is 1.89 bits per heavy atom. The Bertz CT molecular complexity index is 432. The molecule has 0 heterocycles. The van der Waals surface area contributed by atoms with E-state index in [1.165, 1.54) is 0 Å². The molecule has 0 nitrogen and oxygen atoms in total. The van der Waals surface area contributed by atoms with Crippen LogP contribution in [0.3, 0.4) is 0 Å². The van der Waals surface area contributed by atoms with Gasteiger partial charge < -0.3 is 0 Å². The summed E-state index contributed by atoms with van der Waals surface area (Å²) < 4.78 is 76.1. The maximum absolute atomic E-state index is 12.7. The lowest BCUT2D eigenvalue weighted by atomic mass is 9.96. The van der Waals surface area contributed by atoms with Gasteiger partial charge in [-0.3, -0.25) is 0 Å². The normalized spacial score (nSPS) is 12.9. The minimum absolute atomic E-state index is 0.172. The average Bonchev–Trinajstić information content (AvgIpc) is 2.24. The van der Waals surface area contributed by atoms with E-state index in [4.69, 9.17) is 11.6 Å². The fraction of sp³-hybridized carbons (Fsp3) is 0.455. The van der Waals surface area contributed by atoms with Gasteiger partial charge >= 0.3 is 12.4 Å².